The van der Waals surface area contributed by atoms with Gasteiger partial charge in [0.1, 0.15) is 10.4 Å². The number of carbonyl (C=O) groups excluding carboxylic acids is 1. The van der Waals surface area contributed by atoms with E-state index >= 15 is 0 Å². The van der Waals surface area contributed by atoms with Gasteiger partial charge in [-0.15, -0.1) is 11.3 Å². The molecule has 33 heavy (non-hydrogen) atoms. The van der Waals surface area contributed by atoms with Crippen molar-refractivity contribution >= 4 is 44.9 Å². The summed E-state index contributed by atoms with van der Waals surface area (Å²) < 4.78 is 7.83. The van der Waals surface area contributed by atoms with Crippen molar-refractivity contribution in [1.29, 1.82) is 0 Å². The maximum atomic E-state index is 13.2. The molecule has 4 rings (SSSR count). The molecule has 9 heteroatoms. The maximum absolute atomic E-state index is 13.2. The van der Waals surface area contributed by atoms with Crippen LogP contribution in [0.4, 0.5) is 5.69 Å². The van der Waals surface area contributed by atoms with Crippen LogP contribution in [0.3, 0.4) is 0 Å². The molecule has 170 valence electrons. The molecule has 1 aromatic carbocycles. The number of hydrogen-bond acceptors (Lipinski definition) is 7. The number of aromatic nitrogens is 3. The van der Waals surface area contributed by atoms with Crippen molar-refractivity contribution in [3.8, 4) is 5.75 Å². The van der Waals surface area contributed by atoms with Crippen LogP contribution in [0.2, 0.25) is 0 Å². The molecule has 4 aromatic rings. The lowest BCUT2D eigenvalue weighted by Crippen LogP contribution is -2.28. The molecule has 1 amide bonds. The first-order chi connectivity index (χ1) is 16.1. The van der Waals surface area contributed by atoms with E-state index in [-0.39, 0.29) is 18.0 Å². The molecule has 0 saturated heterocycles. The van der Waals surface area contributed by atoms with Crippen LogP contribution in [0.15, 0.2) is 70.1 Å². The first-order valence-corrected chi connectivity index (χ1v) is 12.4. The van der Waals surface area contributed by atoms with E-state index in [4.69, 9.17) is 9.72 Å². The number of nitrogens with one attached hydrogen (secondary N) is 1. The Morgan fingerprint density at radius 3 is 2.76 bits per heavy atom. The van der Waals surface area contributed by atoms with Crippen LogP contribution in [0.1, 0.15) is 26.0 Å². The number of benzene rings is 1. The van der Waals surface area contributed by atoms with Gasteiger partial charge in [-0.25, -0.2) is 4.98 Å². The summed E-state index contributed by atoms with van der Waals surface area (Å²) in [6, 6.07) is 14.8. The summed E-state index contributed by atoms with van der Waals surface area (Å²) in [7, 11) is 0. The van der Waals surface area contributed by atoms with Crippen molar-refractivity contribution in [2.45, 2.75) is 37.2 Å². The number of thioether (sulfide) groups is 1. The Kier molecular flexibility index (Phi) is 7.41. The minimum Gasteiger partial charge on any atom is -0.492 e. The minimum absolute atomic E-state index is 0.125. The molecule has 3 heterocycles. The largest absolute Gasteiger partial charge is 0.492 e. The van der Waals surface area contributed by atoms with Gasteiger partial charge >= 0.3 is 0 Å². The summed E-state index contributed by atoms with van der Waals surface area (Å²) >= 11 is 2.66. The van der Waals surface area contributed by atoms with Gasteiger partial charge in [0.15, 0.2) is 5.16 Å². The van der Waals surface area contributed by atoms with Crippen molar-refractivity contribution in [2.75, 3.05) is 11.9 Å². The number of pyridine rings is 1. The van der Waals surface area contributed by atoms with Crippen LogP contribution in [-0.4, -0.2) is 32.3 Å². The zero-order valence-corrected chi connectivity index (χ0v) is 20.0. The molecule has 0 spiro atoms. The topological polar surface area (TPSA) is 86.1 Å². The molecule has 0 saturated carbocycles. The van der Waals surface area contributed by atoms with Gasteiger partial charge in [0, 0.05) is 6.20 Å². The predicted octanol–water partition coefficient (Wildman–Crippen LogP) is 4.81. The van der Waals surface area contributed by atoms with E-state index in [2.05, 4.69) is 10.3 Å². The Morgan fingerprint density at radius 1 is 1.18 bits per heavy atom. The Bertz CT molecular complexity index is 1300. The molecule has 3 aromatic heterocycles. The molecule has 0 unspecified atom stereocenters. The average Bonchev–Trinajstić information content (AvgIpc) is 3.30. The second-order valence-corrected chi connectivity index (χ2v) is 9.26. The fourth-order valence-electron chi connectivity index (χ4n) is 3.32. The lowest BCUT2D eigenvalue weighted by atomic mass is 10.2. The monoisotopic (exact) mass is 480 g/mol. The molecule has 0 bridgehead atoms. The van der Waals surface area contributed by atoms with Gasteiger partial charge in [-0.2, -0.15) is 0 Å². The summed E-state index contributed by atoms with van der Waals surface area (Å²) in [6.07, 6.45) is 2.26. The number of hydrogen-bond donors (Lipinski definition) is 1. The summed E-state index contributed by atoms with van der Waals surface area (Å²) in [4.78, 5) is 35.5. The smallest absolute Gasteiger partial charge is 0.272 e. The minimum atomic E-state index is -0.447. The number of rotatable bonds is 9. The van der Waals surface area contributed by atoms with Gasteiger partial charge in [-0.05, 0) is 49.1 Å². The number of nitrogens with zero attached hydrogens (tertiary/aromatic N) is 3. The third-order valence-electron chi connectivity index (χ3n) is 4.93. The number of anilines is 1. The van der Waals surface area contributed by atoms with Crippen LogP contribution in [0.25, 0.3) is 10.2 Å². The van der Waals surface area contributed by atoms with Crippen LogP contribution in [0.5, 0.6) is 5.75 Å². The van der Waals surface area contributed by atoms with Gasteiger partial charge < -0.3 is 10.1 Å². The first-order valence-electron chi connectivity index (χ1n) is 10.7. The Hall–Kier alpha value is -3.17. The molecule has 0 radical (unpaired) electrons. The van der Waals surface area contributed by atoms with Crippen LogP contribution < -0.4 is 15.6 Å². The highest BCUT2D eigenvalue weighted by molar-refractivity contribution is 8.00. The van der Waals surface area contributed by atoms with Gasteiger partial charge in [0.25, 0.3) is 5.56 Å². The molecule has 0 aliphatic carbocycles. The third-order valence-corrected chi connectivity index (χ3v) is 7.18. The third kappa shape index (κ3) is 5.26. The number of fused-ring (bicyclic) bond motifs is 1. The standard InChI is InChI=1S/C24H24N4O3S2/c1-3-20(22(29)26-17-10-5-6-11-19(17)31-4-2)33-24-27-18-12-14-32-21(18)23(30)28(24)15-16-9-7-8-13-25-16/h5-14,20H,3-4,15H2,1-2H3,(H,26,29)/t20-/m1/s1. The maximum Gasteiger partial charge on any atom is 0.272 e. The Labute approximate surface area is 199 Å². The van der Waals surface area contributed by atoms with Crippen molar-refractivity contribution in [2.24, 2.45) is 0 Å². The zero-order chi connectivity index (χ0) is 23.2. The van der Waals surface area contributed by atoms with E-state index in [0.717, 1.165) is 5.69 Å². The summed E-state index contributed by atoms with van der Waals surface area (Å²) in [5.41, 5.74) is 1.89. The number of carbonyl (C=O) groups is 1. The van der Waals surface area contributed by atoms with Gasteiger partial charge in [0.2, 0.25) is 5.91 Å². The van der Waals surface area contributed by atoms with Gasteiger partial charge in [0.05, 0.1) is 35.3 Å². The second kappa shape index (κ2) is 10.6. The quantitative estimate of drug-likeness (QED) is 0.273. The van der Waals surface area contributed by atoms with E-state index in [1.807, 2.05) is 67.8 Å². The fraction of sp³-hybridized carbons (Fsp3) is 0.250. The van der Waals surface area contributed by atoms with E-state index in [1.54, 1.807) is 10.8 Å². The highest BCUT2D eigenvalue weighted by Gasteiger charge is 2.23. The van der Waals surface area contributed by atoms with E-state index in [9.17, 15) is 9.59 Å². The Morgan fingerprint density at radius 2 is 2.00 bits per heavy atom. The number of thiophene rings is 1. The summed E-state index contributed by atoms with van der Waals surface area (Å²) in [5.74, 6) is 0.455. The molecule has 1 N–H and O–H groups in total. The number of para-hydroxylation sites is 2. The SMILES string of the molecule is CCOc1ccccc1NC(=O)[C@@H](CC)Sc1nc2ccsc2c(=O)n1Cc1ccccn1. The van der Waals surface area contributed by atoms with Crippen molar-refractivity contribution in [3.05, 3.63) is 76.2 Å². The normalized spacial score (nSPS) is 11.9. The van der Waals surface area contributed by atoms with Crippen molar-refractivity contribution < 1.29 is 9.53 Å². The predicted molar refractivity (Wildman–Crippen MR) is 133 cm³/mol. The fourth-order valence-corrected chi connectivity index (χ4v) is 5.11. The van der Waals surface area contributed by atoms with Gasteiger partial charge in [-0.1, -0.05) is 36.9 Å². The van der Waals surface area contributed by atoms with Crippen LogP contribution in [0, 0.1) is 0 Å². The molecule has 0 fully saturated rings. The van der Waals surface area contributed by atoms with Crippen molar-refractivity contribution in [3.63, 3.8) is 0 Å². The average molecular weight is 481 g/mol. The molecular formula is C24H24N4O3S2. The van der Waals surface area contributed by atoms with Crippen LogP contribution >= 0.6 is 23.1 Å². The van der Waals surface area contributed by atoms with Crippen LogP contribution in [-0.2, 0) is 11.3 Å². The van der Waals surface area contributed by atoms with E-state index in [0.29, 0.717) is 39.8 Å². The Balaban J connectivity index is 1.64. The highest BCUT2D eigenvalue weighted by atomic mass is 32.2. The number of ether oxygens (including phenoxy) is 1. The second-order valence-electron chi connectivity index (χ2n) is 7.17. The highest BCUT2D eigenvalue weighted by Crippen LogP contribution is 2.29. The molecule has 0 aliphatic rings. The molecule has 7 nitrogen and oxygen atoms in total. The summed E-state index contributed by atoms with van der Waals surface area (Å²) in [6.45, 7) is 4.63. The van der Waals surface area contributed by atoms with E-state index in [1.165, 1.54) is 23.1 Å². The summed E-state index contributed by atoms with van der Waals surface area (Å²) in [5, 5.41) is 4.88. The lowest BCUT2D eigenvalue weighted by molar-refractivity contribution is -0.115. The van der Waals surface area contributed by atoms with Gasteiger partial charge in [-0.3, -0.25) is 19.1 Å². The molecule has 1 atom stereocenters. The zero-order valence-electron chi connectivity index (χ0n) is 18.4. The number of amides is 1. The first kappa shape index (κ1) is 23.0. The van der Waals surface area contributed by atoms with E-state index < -0.39 is 5.25 Å². The van der Waals surface area contributed by atoms with Crippen molar-refractivity contribution in [1.82, 2.24) is 14.5 Å². The lowest BCUT2D eigenvalue weighted by Gasteiger charge is -2.18. The molecular weight excluding hydrogens is 456 g/mol. The molecule has 0 aliphatic heterocycles.